The molecule has 0 aromatic heterocycles. The first-order valence-corrected chi connectivity index (χ1v) is 7.57. The highest BCUT2D eigenvalue weighted by Gasteiger charge is 2.28. The Morgan fingerprint density at radius 2 is 1.95 bits per heavy atom. The zero-order valence-electron chi connectivity index (χ0n) is 12.0. The monoisotopic (exact) mass is 278 g/mol. The van der Waals surface area contributed by atoms with Gasteiger partial charge in [0.1, 0.15) is 5.82 Å². The summed E-state index contributed by atoms with van der Waals surface area (Å²) < 4.78 is 19.8. The van der Waals surface area contributed by atoms with Gasteiger partial charge in [0, 0.05) is 26.2 Å². The number of nitrogens with one attached hydrogen (secondary N) is 1. The minimum atomic E-state index is -0.167. The molecule has 3 nitrogen and oxygen atoms in total. The third kappa shape index (κ3) is 3.49. The van der Waals surface area contributed by atoms with Crippen molar-refractivity contribution < 1.29 is 9.13 Å². The van der Waals surface area contributed by atoms with Crippen LogP contribution < -0.4 is 10.2 Å². The molecule has 1 saturated heterocycles. The Hall–Kier alpha value is -1.13. The molecule has 2 fully saturated rings. The lowest BCUT2D eigenvalue weighted by Gasteiger charge is -2.24. The van der Waals surface area contributed by atoms with E-state index in [0.29, 0.717) is 11.8 Å². The molecular weight excluding hydrogens is 255 g/mol. The molecule has 0 bridgehead atoms. The maximum atomic E-state index is 13.7. The normalized spacial score (nSPS) is 25.9. The quantitative estimate of drug-likeness (QED) is 0.865. The maximum absolute atomic E-state index is 13.7. The van der Waals surface area contributed by atoms with Crippen LogP contribution in [0.2, 0.25) is 0 Å². The standard InChI is InChI=1S/C16H23FN2O/c1-19(16-5-3-2-4-15(16)17)11-14-9-8-13(20-14)10-18-12-6-7-12/h2-5,12-14,18H,6-11H2,1H3. The van der Waals surface area contributed by atoms with E-state index >= 15 is 0 Å². The Labute approximate surface area is 120 Å². The van der Waals surface area contributed by atoms with Crippen LogP contribution in [0.25, 0.3) is 0 Å². The van der Waals surface area contributed by atoms with Gasteiger partial charge in [-0.15, -0.1) is 0 Å². The van der Waals surface area contributed by atoms with Crippen LogP contribution in [-0.2, 0) is 4.74 Å². The van der Waals surface area contributed by atoms with Crippen molar-refractivity contribution in [1.82, 2.24) is 5.32 Å². The van der Waals surface area contributed by atoms with Crippen molar-refractivity contribution in [2.75, 3.05) is 25.0 Å². The molecule has 1 N–H and O–H groups in total. The number of halogens is 1. The summed E-state index contributed by atoms with van der Waals surface area (Å²) in [5.41, 5.74) is 0.649. The van der Waals surface area contributed by atoms with E-state index in [1.54, 1.807) is 6.07 Å². The van der Waals surface area contributed by atoms with Crippen molar-refractivity contribution in [3.05, 3.63) is 30.1 Å². The van der Waals surface area contributed by atoms with Gasteiger partial charge in [-0.05, 0) is 37.8 Å². The van der Waals surface area contributed by atoms with Gasteiger partial charge in [-0.1, -0.05) is 12.1 Å². The molecule has 1 aliphatic carbocycles. The summed E-state index contributed by atoms with van der Waals surface area (Å²) >= 11 is 0. The second-order valence-electron chi connectivity index (χ2n) is 5.97. The Morgan fingerprint density at radius 3 is 2.70 bits per heavy atom. The van der Waals surface area contributed by atoms with Crippen molar-refractivity contribution in [2.24, 2.45) is 0 Å². The molecule has 110 valence electrons. The highest BCUT2D eigenvalue weighted by Crippen LogP contribution is 2.25. The van der Waals surface area contributed by atoms with E-state index in [1.165, 1.54) is 18.9 Å². The van der Waals surface area contributed by atoms with Gasteiger partial charge in [0.15, 0.2) is 0 Å². The predicted octanol–water partition coefficient (Wildman–Crippen LogP) is 2.56. The van der Waals surface area contributed by atoms with E-state index in [2.05, 4.69) is 5.32 Å². The van der Waals surface area contributed by atoms with Gasteiger partial charge >= 0.3 is 0 Å². The first kappa shape index (κ1) is 13.8. The summed E-state index contributed by atoms with van der Waals surface area (Å²) in [7, 11) is 1.93. The summed E-state index contributed by atoms with van der Waals surface area (Å²) in [4.78, 5) is 1.96. The molecule has 1 aliphatic heterocycles. The zero-order valence-corrected chi connectivity index (χ0v) is 12.0. The fourth-order valence-corrected chi connectivity index (χ4v) is 2.82. The van der Waals surface area contributed by atoms with Gasteiger partial charge in [0.2, 0.25) is 0 Å². The molecule has 0 radical (unpaired) electrons. The van der Waals surface area contributed by atoms with Gasteiger partial charge in [0.25, 0.3) is 0 Å². The van der Waals surface area contributed by atoms with Crippen LogP contribution in [0.1, 0.15) is 25.7 Å². The molecule has 2 unspecified atom stereocenters. The molecular formula is C16H23FN2O. The number of hydrogen-bond acceptors (Lipinski definition) is 3. The molecule has 1 aromatic rings. The molecule has 2 atom stereocenters. The number of anilines is 1. The number of para-hydroxylation sites is 1. The molecule has 3 rings (SSSR count). The Kier molecular flexibility index (Phi) is 4.22. The summed E-state index contributed by atoms with van der Waals surface area (Å²) in [6.07, 6.45) is 5.34. The van der Waals surface area contributed by atoms with Crippen LogP contribution in [-0.4, -0.2) is 38.4 Å². The Morgan fingerprint density at radius 1 is 1.20 bits per heavy atom. The van der Waals surface area contributed by atoms with Crippen molar-refractivity contribution in [2.45, 2.75) is 43.9 Å². The average molecular weight is 278 g/mol. The van der Waals surface area contributed by atoms with Gasteiger partial charge in [0.05, 0.1) is 17.9 Å². The van der Waals surface area contributed by atoms with Gasteiger partial charge in [-0.25, -0.2) is 4.39 Å². The second kappa shape index (κ2) is 6.10. The SMILES string of the molecule is CN(CC1CCC(CNC2CC2)O1)c1ccccc1F. The zero-order chi connectivity index (χ0) is 13.9. The van der Waals surface area contributed by atoms with Crippen LogP contribution in [0.15, 0.2) is 24.3 Å². The first-order valence-electron chi connectivity index (χ1n) is 7.57. The van der Waals surface area contributed by atoms with E-state index in [0.717, 1.165) is 32.0 Å². The third-order valence-corrected chi connectivity index (χ3v) is 4.15. The molecule has 4 heteroatoms. The van der Waals surface area contributed by atoms with E-state index in [4.69, 9.17) is 4.74 Å². The van der Waals surface area contributed by atoms with E-state index in [9.17, 15) is 4.39 Å². The van der Waals surface area contributed by atoms with E-state index in [-0.39, 0.29) is 11.9 Å². The van der Waals surface area contributed by atoms with Crippen LogP contribution >= 0.6 is 0 Å². The summed E-state index contributed by atoms with van der Waals surface area (Å²) in [5.74, 6) is -0.167. The number of nitrogens with zero attached hydrogens (tertiary/aromatic N) is 1. The largest absolute Gasteiger partial charge is 0.372 e. The lowest BCUT2D eigenvalue weighted by Crippen LogP contribution is -2.32. The summed E-state index contributed by atoms with van der Waals surface area (Å²) in [5, 5.41) is 3.51. The van der Waals surface area contributed by atoms with E-state index < -0.39 is 0 Å². The molecule has 20 heavy (non-hydrogen) atoms. The van der Waals surface area contributed by atoms with E-state index in [1.807, 2.05) is 24.1 Å². The van der Waals surface area contributed by atoms with Gasteiger partial charge in [-0.3, -0.25) is 0 Å². The van der Waals surface area contributed by atoms with Crippen LogP contribution in [0.5, 0.6) is 0 Å². The molecule has 0 amide bonds. The molecule has 1 saturated carbocycles. The number of ether oxygens (including phenoxy) is 1. The van der Waals surface area contributed by atoms with Crippen molar-refractivity contribution in [3.63, 3.8) is 0 Å². The predicted molar refractivity (Wildman–Crippen MR) is 78.6 cm³/mol. The van der Waals surface area contributed by atoms with Gasteiger partial charge < -0.3 is 15.0 Å². The Bertz CT molecular complexity index is 450. The minimum Gasteiger partial charge on any atom is -0.372 e. The lowest BCUT2D eigenvalue weighted by atomic mass is 10.2. The van der Waals surface area contributed by atoms with Crippen molar-refractivity contribution in [1.29, 1.82) is 0 Å². The smallest absolute Gasteiger partial charge is 0.146 e. The average Bonchev–Trinajstić information content (AvgIpc) is 3.17. The van der Waals surface area contributed by atoms with Crippen LogP contribution in [0.3, 0.4) is 0 Å². The van der Waals surface area contributed by atoms with Crippen molar-refractivity contribution >= 4 is 5.69 Å². The first-order chi connectivity index (χ1) is 9.72. The van der Waals surface area contributed by atoms with Gasteiger partial charge in [-0.2, -0.15) is 0 Å². The highest BCUT2D eigenvalue weighted by atomic mass is 19.1. The number of likely N-dealkylation sites (N-methyl/N-ethyl adjacent to an activating group) is 1. The number of benzene rings is 1. The number of rotatable bonds is 6. The van der Waals surface area contributed by atoms with Crippen LogP contribution in [0, 0.1) is 5.82 Å². The minimum absolute atomic E-state index is 0.167. The molecule has 0 spiro atoms. The molecule has 1 heterocycles. The lowest BCUT2D eigenvalue weighted by molar-refractivity contribution is 0.0497. The third-order valence-electron chi connectivity index (χ3n) is 4.15. The summed E-state index contributed by atoms with van der Waals surface area (Å²) in [6.45, 7) is 1.71. The maximum Gasteiger partial charge on any atom is 0.146 e. The number of hydrogen-bond donors (Lipinski definition) is 1. The Balaban J connectivity index is 1.47. The highest BCUT2D eigenvalue weighted by molar-refractivity contribution is 5.46. The van der Waals surface area contributed by atoms with Crippen molar-refractivity contribution in [3.8, 4) is 0 Å². The van der Waals surface area contributed by atoms with Crippen LogP contribution in [0.4, 0.5) is 10.1 Å². The fourth-order valence-electron chi connectivity index (χ4n) is 2.82. The second-order valence-corrected chi connectivity index (χ2v) is 5.97. The summed E-state index contributed by atoms with van der Waals surface area (Å²) in [6, 6.07) is 7.64. The molecule has 2 aliphatic rings. The fraction of sp³-hybridized carbons (Fsp3) is 0.625. The topological polar surface area (TPSA) is 24.5 Å². The molecule has 1 aromatic carbocycles.